The van der Waals surface area contributed by atoms with Crippen LogP contribution in [0.25, 0.3) is 0 Å². The van der Waals surface area contributed by atoms with Gasteiger partial charge in [0.1, 0.15) is 0 Å². The predicted octanol–water partition coefficient (Wildman–Crippen LogP) is 2.63. The first-order valence-electron chi connectivity index (χ1n) is 6.75. The fourth-order valence-corrected chi connectivity index (χ4v) is 5.28. The van der Waals surface area contributed by atoms with Crippen LogP contribution >= 0.6 is 15.9 Å². The van der Waals surface area contributed by atoms with E-state index in [2.05, 4.69) is 15.9 Å². The molecule has 1 saturated heterocycles. The highest BCUT2D eigenvalue weighted by atomic mass is 79.9. The Balaban J connectivity index is 2.42. The van der Waals surface area contributed by atoms with Crippen molar-refractivity contribution in [3.63, 3.8) is 0 Å². The summed E-state index contributed by atoms with van der Waals surface area (Å²) in [5, 5.41) is 9.15. The maximum atomic E-state index is 12.8. The second kappa shape index (κ2) is 6.06. The maximum absolute atomic E-state index is 12.8. The van der Waals surface area contributed by atoms with Crippen LogP contribution in [0.4, 0.5) is 0 Å². The van der Waals surface area contributed by atoms with Crippen molar-refractivity contribution >= 4 is 31.9 Å². The zero-order valence-corrected chi connectivity index (χ0v) is 14.3. The fraction of sp³-hybridized carbons (Fsp3) is 0.500. The molecule has 2 atom stereocenters. The van der Waals surface area contributed by atoms with Gasteiger partial charge in [-0.3, -0.25) is 4.79 Å². The van der Waals surface area contributed by atoms with Gasteiger partial charge >= 0.3 is 5.97 Å². The van der Waals surface area contributed by atoms with E-state index in [1.165, 1.54) is 4.31 Å². The Kier molecular flexibility index (Phi) is 4.75. The van der Waals surface area contributed by atoms with Crippen LogP contribution in [0, 0.1) is 12.8 Å². The number of carboxylic acid groups (broad SMARTS) is 1. The van der Waals surface area contributed by atoms with Crippen LogP contribution in [0.5, 0.6) is 0 Å². The van der Waals surface area contributed by atoms with E-state index in [1.54, 1.807) is 12.1 Å². The molecule has 1 aliphatic heterocycles. The SMILES string of the molecule is Cc1cccc(S(=O)(=O)N2CC(C(=O)O)CCC2C)c1Br. The molecule has 2 rings (SSSR count). The molecule has 21 heavy (non-hydrogen) atoms. The Labute approximate surface area is 133 Å². The predicted molar refractivity (Wildman–Crippen MR) is 82.6 cm³/mol. The second-order valence-electron chi connectivity index (χ2n) is 5.42. The summed E-state index contributed by atoms with van der Waals surface area (Å²) in [6, 6.07) is 4.86. The summed E-state index contributed by atoms with van der Waals surface area (Å²) in [5.41, 5.74) is 0.829. The Hall–Kier alpha value is -0.920. The third-order valence-corrected chi connectivity index (χ3v) is 7.25. The average Bonchev–Trinajstić information content (AvgIpc) is 2.41. The smallest absolute Gasteiger partial charge is 0.307 e. The van der Waals surface area contributed by atoms with Gasteiger partial charge in [-0.15, -0.1) is 0 Å². The molecule has 0 saturated carbocycles. The minimum Gasteiger partial charge on any atom is -0.481 e. The van der Waals surface area contributed by atoms with Crippen LogP contribution in [-0.4, -0.2) is 36.4 Å². The summed E-state index contributed by atoms with van der Waals surface area (Å²) in [6.45, 7) is 3.67. The fourth-order valence-electron chi connectivity index (χ4n) is 2.56. The van der Waals surface area contributed by atoms with Gasteiger partial charge < -0.3 is 5.11 Å². The molecule has 1 aromatic rings. The summed E-state index contributed by atoms with van der Waals surface area (Å²) < 4.78 is 27.5. The number of benzene rings is 1. The Bertz CT molecular complexity index is 659. The highest BCUT2D eigenvalue weighted by Gasteiger charge is 2.38. The highest BCUT2D eigenvalue weighted by Crippen LogP contribution is 2.32. The number of sulfonamides is 1. The molecule has 0 amide bonds. The number of carboxylic acids is 1. The van der Waals surface area contributed by atoms with Crippen molar-refractivity contribution in [1.82, 2.24) is 4.31 Å². The van der Waals surface area contributed by atoms with E-state index in [0.29, 0.717) is 17.3 Å². The first-order valence-corrected chi connectivity index (χ1v) is 8.98. The van der Waals surface area contributed by atoms with Crippen molar-refractivity contribution in [1.29, 1.82) is 0 Å². The number of nitrogens with zero attached hydrogens (tertiary/aromatic N) is 1. The van der Waals surface area contributed by atoms with Crippen LogP contribution in [-0.2, 0) is 14.8 Å². The van der Waals surface area contributed by atoms with E-state index in [0.717, 1.165) is 5.56 Å². The van der Waals surface area contributed by atoms with Gasteiger partial charge in [0, 0.05) is 17.1 Å². The second-order valence-corrected chi connectivity index (χ2v) is 8.08. The van der Waals surface area contributed by atoms with Gasteiger partial charge in [0.2, 0.25) is 10.0 Å². The molecule has 0 radical (unpaired) electrons. The van der Waals surface area contributed by atoms with Crippen LogP contribution in [0.1, 0.15) is 25.3 Å². The van der Waals surface area contributed by atoms with Crippen molar-refractivity contribution in [2.24, 2.45) is 5.92 Å². The Morgan fingerprint density at radius 2 is 2.05 bits per heavy atom. The summed E-state index contributed by atoms with van der Waals surface area (Å²) in [4.78, 5) is 11.4. The zero-order valence-electron chi connectivity index (χ0n) is 11.9. The number of hydrogen-bond acceptors (Lipinski definition) is 3. The normalized spacial score (nSPS) is 24.0. The molecule has 1 heterocycles. The lowest BCUT2D eigenvalue weighted by atomic mass is 9.96. The number of hydrogen-bond donors (Lipinski definition) is 1. The molecule has 1 aromatic carbocycles. The number of carbonyl (C=O) groups is 1. The minimum atomic E-state index is -3.71. The molecule has 1 fully saturated rings. The van der Waals surface area contributed by atoms with Crippen LogP contribution in [0.15, 0.2) is 27.6 Å². The Morgan fingerprint density at radius 1 is 1.38 bits per heavy atom. The molecule has 7 heteroatoms. The maximum Gasteiger partial charge on any atom is 0.307 e. The lowest BCUT2D eigenvalue weighted by Gasteiger charge is -2.35. The number of piperidine rings is 1. The van der Waals surface area contributed by atoms with Crippen molar-refractivity contribution in [3.8, 4) is 0 Å². The van der Waals surface area contributed by atoms with Crippen LogP contribution in [0.3, 0.4) is 0 Å². The minimum absolute atomic E-state index is 0.0270. The van der Waals surface area contributed by atoms with Gasteiger partial charge in [-0.25, -0.2) is 8.42 Å². The quantitative estimate of drug-likeness (QED) is 0.880. The lowest BCUT2D eigenvalue weighted by Crippen LogP contribution is -2.47. The number of aryl methyl sites for hydroxylation is 1. The number of rotatable bonds is 3. The molecular formula is C14H18BrNO4S. The average molecular weight is 376 g/mol. The van der Waals surface area contributed by atoms with Crippen LogP contribution in [0.2, 0.25) is 0 Å². The summed E-state index contributed by atoms with van der Waals surface area (Å²) in [6.07, 6.45) is 1.07. The largest absolute Gasteiger partial charge is 0.481 e. The topological polar surface area (TPSA) is 74.7 Å². The van der Waals surface area contributed by atoms with Crippen molar-refractivity contribution in [2.75, 3.05) is 6.54 Å². The van der Waals surface area contributed by atoms with Gasteiger partial charge in [-0.1, -0.05) is 12.1 Å². The van der Waals surface area contributed by atoms with E-state index < -0.39 is 21.9 Å². The molecule has 5 nitrogen and oxygen atoms in total. The summed E-state index contributed by atoms with van der Waals surface area (Å²) in [5.74, 6) is -1.58. The highest BCUT2D eigenvalue weighted by molar-refractivity contribution is 9.10. The third-order valence-electron chi connectivity index (χ3n) is 3.92. The third kappa shape index (κ3) is 3.14. The molecule has 2 unspecified atom stereocenters. The molecule has 1 aliphatic rings. The summed E-state index contributed by atoms with van der Waals surface area (Å²) in [7, 11) is -3.71. The van der Waals surface area contributed by atoms with Crippen molar-refractivity contribution in [2.45, 2.75) is 37.6 Å². The van der Waals surface area contributed by atoms with Crippen LogP contribution < -0.4 is 0 Å². The molecule has 0 aromatic heterocycles. The Morgan fingerprint density at radius 3 is 2.67 bits per heavy atom. The molecule has 116 valence electrons. The molecular weight excluding hydrogens is 358 g/mol. The van der Waals surface area contributed by atoms with Crippen molar-refractivity contribution < 1.29 is 18.3 Å². The monoisotopic (exact) mass is 375 g/mol. The summed E-state index contributed by atoms with van der Waals surface area (Å²) >= 11 is 3.32. The first-order chi connectivity index (χ1) is 9.75. The number of aliphatic carboxylic acids is 1. The molecule has 0 bridgehead atoms. The van der Waals surface area contributed by atoms with E-state index in [4.69, 9.17) is 5.11 Å². The molecule has 0 spiro atoms. The molecule has 0 aliphatic carbocycles. The zero-order chi connectivity index (χ0) is 15.8. The van der Waals surface area contributed by atoms with E-state index in [9.17, 15) is 13.2 Å². The van der Waals surface area contributed by atoms with Crippen molar-refractivity contribution in [3.05, 3.63) is 28.2 Å². The first kappa shape index (κ1) is 16.5. The van der Waals surface area contributed by atoms with Gasteiger partial charge in [0.05, 0.1) is 10.8 Å². The standard InChI is InChI=1S/C14H18BrNO4S/c1-9-4-3-5-12(13(9)15)21(19,20)16-8-11(14(17)18)7-6-10(16)2/h3-5,10-11H,6-8H2,1-2H3,(H,17,18). The van der Waals surface area contributed by atoms with E-state index in [1.807, 2.05) is 19.9 Å². The lowest BCUT2D eigenvalue weighted by molar-refractivity contribution is -0.143. The number of halogens is 1. The van der Waals surface area contributed by atoms with E-state index in [-0.39, 0.29) is 17.5 Å². The van der Waals surface area contributed by atoms with Gasteiger partial charge in [0.25, 0.3) is 0 Å². The van der Waals surface area contributed by atoms with Gasteiger partial charge in [-0.05, 0) is 54.2 Å². The van der Waals surface area contributed by atoms with Gasteiger partial charge in [-0.2, -0.15) is 4.31 Å². The molecule has 1 N–H and O–H groups in total. The van der Waals surface area contributed by atoms with E-state index >= 15 is 0 Å². The van der Waals surface area contributed by atoms with Gasteiger partial charge in [0.15, 0.2) is 0 Å².